The van der Waals surface area contributed by atoms with Crippen LogP contribution in [0.5, 0.6) is 0 Å². The molecule has 12 heavy (non-hydrogen) atoms. The third kappa shape index (κ3) is 5.93. The fraction of sp³-hybridized carbons (Fsp3) is 1.00. The van der Waals surface area contributed by atoms with Gasteiger partial charge in [-0.05, 0) is 0 Å². The maximum absolute atomic E-state index is 2.36. The SMILES string of the molecule is CC(C)C(C)([AsH2])C(C)C.F.F.F. The molecule has 1 unspecified atom stereocenters. The Hall–Kier alpha value is 0.348. The Labute approximate surface area is 82.1 Å². The van der Waals surface area contributed by atoms with Gasteiger partial charge in [0.1, 0.15) is 0 Å². The zero-order valence-corrected chi connectivity index (χ0v) is 10.9. The molecule has 0 aliphatic carbocycles. The molecular weight excluding hydrogens is 228 g/mol. The number of rotatable bonds is 2. The van der Waals surface area contributed by atoms with Crippen molar-refractivity contribution in [3.05, 3.63) is 0 Å². The monoisotopic (exact) mass is 250 g/mol. The Balaban J connectivity index is -0.000000107. The quantitative estimate of drug-likeness (QED) is 0.661. The fourth-order valence-electron chi connectivity index (χ4n) is 0.667. The first-order chi connectivity index (χ1) is 3.89. The van der Waals surface area contributed by atoms with Crippen LogP contribution in [0.3, 0.4) is 0 Å². The van der Waals surface area contributed by atoms with E-state index in [9.17, 15) is 0 Å². The van der Waals surface area contributed by atoms with Gasteiger partial charge >= 0.3 is 67.5 Å². The third-order valence-corrected chi connectivity index (χ3v) is 5.29. The Morgan fingerprint density at radius 2 is 1.00 bits per heavy atom. The molecule has 4 heteroatoms. The molecule has 0 rings (SSSR count). The molecule has 0 aromatic carbocycles. The van der Waals surface area contributed by atoms with Gasteiger partial charge in [-0.25, -0.2) is 0 Å². The molecule has 1 atom stereocenters. The molecule has 0 aromatic heterocycles. The molecule has 0 N–H and O–H groups in total. The van der Waals surface area contributed by atoms with Crippen molar-refractivity contribution in [2.24, 2.45) is 11.8 Å². The van der Waals surface area contributed by atoms with Crippen molar-refractivity contribution in [3.63, 3.8) is 0 Å². The maximum atomic E-state index is 2.36. The van der Waals surface area contributed by atoms with E-state index in [1.165, 1.54) is 0 Å². The van der Waals surface area contributed by atoms with Gasteiger partial charge < -0.3 is 0 Å². The van der Waals surface area contributed by atoms with E-state index < -0.39 is 0 Å². The van der Waals surface area contributed by atoms with E-state index in [0.717, 1.165) is 11.8 Å². The number of hydrogen-bond donors (Lipinski definition) is 0. The first-order valence-electron chi connectivity index (χ1n) is 3.68. The minimum absolute atomic E-state index is 0. The normalized spacial score (nSPS) is 10.0. The van der Waals surface area contributed by atoms with Gasteiger partial charge in [0.2, 0.25) is 0 Å². The summed E-state index contributed by atoms with van der Waals surface area (Å²) in [5.41, 5.74) is 0. The maximum Gasteiger partial charge on any atom is -0.269 e. The minimum Gasteiger partial charge on any atom is -0.269 e. The van der Waals surface area contributed by atoms with Crippen molar-refractivity contribution in [2.45, 2.75) is 38.8 Å². The summed E-state index contributed by atoms with van der Waals surface area (Å²) in [7, 11) is 0. The van der Waals surface area contributed by atoms with Gasteiger partial charge in [-0.2, -0.15) is 0 Å². The molecule has 0 aromatic rings. The Morgan fingerprint density at radius 3 is 1.00 bits per heavy atom. The van der Waals surface area contributed by atoms with Crippen LogP contribution in [0.1, 0.15) is 34.6 Å². The summed E-state index contributed by atoms with van der Waals surface area (Å²) in [6.07, 6.45) is 0. The Bertz CT molecular complexity index is 82.3. The predicted molar refractivity (Wildman–Crippen MR) is 54.1 cm³/mol. The summed E-state index contributed by atoms with van der Waals surface area (Å²) in [5.74, 6) is 1.63. The van der Waals surface area contributed by atoms with Crippen LogP contribution < -0.4 is 0 Å². The van der Waals surface area contributed by atoms with Gasteiger partial charge in [-0.15, -0.1) is 0 Å². The first-order valence-corrected chi connectivity index (χ1v) is 4.89. The van der Waals surface area contributed by atoms with Gasteiger partial charge in [0, 0.05) is 0 Å². The minimum atomic E-state index is 0. The predicted octanol–water partition coefficient (Wildman–Crippen LogP) is 2.57. The van der Waals surface area contributed by atoms with E-state index >= 15 is 0 Å². The summed E-state index contributed by atoms with van der Waals surface area (Å²) >= 11 is 1.88. The van der Waals surface area contributed by atoms with Gasteiger partial charge in [0.15, 0.2) is 0 Å². The Morgan fingerprint density at radius 1 is 0.833 bits per heavy atom. The summed E-state index contributed by atoms with van der Waals surface area (Å²) in [5, 5.41) is 0. The van der Waals surface area contributed by atoms with E-state index in [0.29, 0.717) is 4.20 Å². The molecule has 0 aliphatic heterocycles. The average Bonchev–Trinajstić information content (AvgIpc) is 1.65. The van der Waals surface area contributed by atoms with Crippen LogP contribution in [0.2, 0.25) is 4.20 Å². The Kier molecular flexibility index (Phi) is 15.2. The van der Waals surface area contributed by atoms with Crippen molar-refractivity contribution in [2.75, 3.05) is 0 Å². The summed E-state index contributed by atoms with van der Waals surface area (Å²) in [4.78, 5) is 0. The van der Waals surface area contributed by atoms with E-state index in [1.807, 2.05) is 16.9 Å². The van der Waals surface area contributed by atoms with Crippen molar-refractivity contribution < 1.29 is 14.1 Å². The fourth-order valence-corrected chi connectivity index (χ4v) is 0.667. The standard InChI is InChI=1S/C8H19As.3FH/c1-6(2)8(5,9)7(3)4;;;/h6-7H,9H2,1-5H3;3*1H. The summed E-state index contributed by atoms with van der Waals surface area (Å²) in [6.45, 7) is 11.6. The van der Waals surface area contributed by atoms with Crippen LogP contribution in [0.25, 0.3) is 0 Å². The van der Waals surface area contributed by atoms with Crippen LogP contribution >= 0.6 is 0 Å². The molecule has 0 nitrogen and oxygen atoms in total. The molecule has 0 bridgehead atoms. The van der Waals surface area contributed by atoms with Gasteiger partial charge in [-0.3, -0.25) is 14.1 Å². The van der Waals surface area contributed by atoms with E-state index in [4.69, 9.17) is 0 Å². The molecule has 0 saturated carbocycles. The smallest absolute Gasteiger partial charge is 0.269 e. The molecule has 0 saturated heterocycles. The third-order valence-electron chi connectivity index (χ3n) is 2.49. The van der Waals surface area contributed by atoms with Gasteiger partial charge in [-0.1, -0.05) is 0 Å². The molecule has 0 spiro atoms. The van der Waals surface area contributed by atoms with Crippen LogP contribution in [0, 0.1) is 11.8 Å². The van der Waals surface area contributed by atoms with E-state index in [2.05, 4.69) is 34.6 Å². The second-order valence-corrected chi connectivity index (χ2v) is 6.29. The zero-order chi connectivity index (χ0) is 7.65. The zero-order valence-electron chi connectivity index (χ0n) is 8.46. The van der Waals surface area contributed by atoms with Gasteiger partial charge in [0.05, 0.1) is 0 Å². The topological polar surface area (TPSA) is 0 Å². The van der Waals surface area contributed by atoms with Crippen molar-refractivity contribution in [1.82, 2.24) is 0 Å². The van der Waals surface area contributed by atoms with Crippen molar-refractivity contribution in [3.8, 4) is 0 Å². The molecule has 0 heterocycles. The van der Waals surface area contributed by atoms with Crippen LogP contribution in [-0.2, 0) is 0 Å². The largest absolute Gasteiger partial charge is 0.269 e. The first kappa shape index (κ1) is 22.8. The average molecular weight is 250 g/mol. The van der Waals surface area contributed by atoms with Crippen molar-refractivity contribution >= 4 is 16.9 Å². The van der Waals surface area contributed by atoms with E-state index in [1.54, 1.807) is 0 Å². The molecule has 0 fully saturated rings. The van der Waals surface area contributed by atoms with Gasteiger partial charge in [0.25, 0.3) is 0 Å². The molecule has 0 radical (unpaired) electrons. The second-order valence-electron chi connectivity index (χ2n) is 3.68. The van der Waals surface area contributed by atoms with Crippen LogP contribution in [0.15, 0.2) is 0 Å². The number of hydrogen-bond acceptors (Lipinski definition) is 0. The molecular formula is C8H22AsF3. The van der Waals surface area contributed by atoms with Crippen LogP contribution in [0.4, 0.5) is 14.1 Å². The molecule has 0 aliphatic rings. The van der Waals surface area contributed by atoms with Crippen LogP contribution in [-0.4, -0.2) is 16.9 Å². The summed E-state index contributed by atoms with van der Waals surface area (Å²) < 4.78 is 0.562. The van der Waals surface area contributed by atoms with Crippen molar-refractivity contribution in [1.29, 1.82) is 0 Å². The number of halogens is 3. The summed E-state index contributed by atoms with van der Waals surface area (Å²) in [6, 6.07) is 0. The molecule has 80 valence electrons. The van der Waals surface area contributed by atoms with E-state index in [-0.39, 0.29) is 14.1 Å². The molecule has 0 amide bonds. The second kappa shape index (κ2) is 7.97.